The third-order valence-electron chi connectivity index (χ3n) is 4.16. The van der Waals surface area contributed by atoms with Gasteiger partial charge in [0, 0.05) is 37.6 Å². The van der Waals surface area contributed by atoms with Crippen LogP contribution in [-0.2, 0) is 0 Å². The van der Waals surface area contributed by atoms with E-state index in [1.807, 2.05) is 39.3 Å². The SMILES string of the molecule is CN(C)CCN(C)c1ccc(C(=O)n2nc(-c3ccccn3)nc2N)cc1. The maximum absolute atomic E-state index is 12.7. The highest BCUT2D eigenvalue weighted by Crippen LogP contribution is 2.17. The highest BCUT2D eigenvalue weighted by atomic mass is 16.2. The lowest BCUT2D eigenvalue weighted by molar-refractivity contribution is 0.0948. The highest BCUT2D eigenvalue weighted by Gasteiger charge is 2.17. The summed E-state index contributed by atoms with van der Waals surface area (Å²) in [5.74, 6) is 0.0268. The second kappa shape index (κ2) is 7.96. The van der Waals surface area contributed by atoms with Crippen molar-refractivity contribution in [1.29, 1.82) is 0 Å². The minimum absolute atomic E-state index is 0.0350. The van der Waals surface area contributed by atoms with Crippen LogP contribution in [0.1, 0.15) is 10.4 Å². The van der Waals surface area contributed by atoms with Crippen molar-refractivity contribution in [1.82, 2.24) is 24.6 Å². The fourth-order valence-corrected chi connectivity index (χ4v) is 2.54. The molecule has 0 saturated heterocycles. The van der Waals surface area contributed by atoms with E-state index in [4.69, 9.17) is 5.73 Å². The van der Waals surface area contributed by atoms with Gasteiger partial charge in [0.25, 0.3) is 5.91 Å². The van der Waals surface area contributed by atoms with E-state index in [-0.39, 0.29) is 11.9 Å². The lowest BCUT2D eigenvalue weighted by Crippen LogP contribution is -2.28. The zero-order valence-electron chi connectivity index (χ0n) is 15.7. The van der Waals surface area contributed by atoms with E-state index < -0.39 is 0 Å². The average Bonchev–Trinajstić information content (AvgIpc) is 3.08. The molecule has 0 saturated carbocycles. The summed E-state index contributed by atoms with van der Waals surface area (Å²) in [6, 6.07) is 12.8. The van der Waals surface area contributed by atoms with Gasteiger partial charge in [-0.25, -0.2) is 0 Å². The normalized spacial score (nSPS) is 11.0. The first-order chi connectivity index (χ1) is 13.0. The standard InChI is InChI=1S/C19H23N7O/c1-24(2)12-13-25(3)15-9-7-14(8-10-15)18(27)26-19(20)22-17(23-26)16-6-4-5-11-21-16/h4-11H,12-13H2,1-3H3,(H2,20,22,23). The largest absolute Gasteiger partial charge is 0.373 e. The zero-order chi connectivity index (χ0) is 19.4. The van der Waals surface area contributed by atoms with E-state index in [1.165, 1.54) is 0 Å². The number of rotatable bonds is 6. The smallest absolute Gasteiger partial charge is 0.281 e. The number of aromatic nitrogens is 4. The predicted molar refractivity (Wildman–Crippen MR) is 106 cm³/mol. The second-order valence-corrected chi connectivity index (χ2v) is 6.50. The van der Waals surface area contributed by atoms with Crippen LogP contribution in [0, 0.1) is 0 Å². The fraction of sp³-hybridized carbons (Fsp3) is 0.263. The summed E-state index contributed by atoms with van der Waals surface area (Å²) in [6.45, 7) is 1.84. The first kappa shape index (κ1) is 18.5. The summed E-state index contributed by atoms with van der Waals surface area (Å²) in [6.07, 6.45) is 1.64. The Morgan fingerprint density at radius 2 is 1.81 bits per heavy atom. The third kappa shape index (κ3) is 4.29. The van der Waals surface area contributed by atoms with Crippen LogP contribution >= 0.6 is 0 Å². The number of pyridine rings is 1. The third-order valence-corrected chi connectivity index (χ3v) is 4.16. The number of anilines is 2. The van der Waals surface area contributed by atoms with Gasteiger partial charge in [-0.05, 0) is 50.5 Å². The molecular formula is C19H23N7O. The summed E-state index contributed by atoms with van der Waals surface area (Å²) < 4.78 is 1.11. The van der Waals surface area contributed by atoms with Crippen LogP contribution < -0.4 is 10.6 Å². The first-order valence-electron chi connectivity index (χ1n) is 8.60. The van der Waals surface area contributed by atoms with Gasteiger partial charge in [0.15, 0.2) is 0 Å². The molecule has 0 spiro atoms. The lowest BCUT2D eigenvalue weighted by Gasteiger charge is -2.21. The summed E-state index contributed by atoms with van der Waals surface area (Å²) >= 11 is 0. The number of likely N-dealkylation sites (N-methyl/N-ethyl adjacent to an activating group) is 2. The van der Waals surface area contributed by atoms with Crippen LogP contribution in [0.3, 0.4) is 0 Å². The molecule has 2 heterocycles. The molecule has 0 aliphatic heterocycles. The number of nitrogens with two attached hydrogens (primary N) is 1. The molecule has 27 heavy (non-hydrogen) atoms. The van der Waals surface area contributed by atoms with Crippen molar-refractivity contribution in [3.8, 4) is 11.5 Å². The van der Waals surface area contributed by atoms with E-state index in [9.17, 15) is 4.79 Å². The predicted octanol–water partition coefficient (Wildman–Crippen LogP) is 1.61. The van der Waals surface area contributed by atoms with Crippen LogP contribution in [0.4, 0.5) is 11.6 Å². The van der Waals surface area contributed by atoms with Gasteiger partial charge in [-0.15, -0.1) is 5.10 Å². The number of nitrogens with zero attached hydrogens (tertiary/aromatic N) is 6. The van der Waals surface area contributed by atoms with Crippen LogP contribution in [0.2, 0.25) is 0 Å². The Balaban J connectivity index is 1.77. The number of carbonyl (C=O) groups is 1. The number of nitrogen functional groups attached to an aromatic ring is 1. The van der Waals surface area contributed by atoms with E-state index in [1.54, 1.807) is 30.5 Å². The van der Waals surface area contributed by atoms with E-state index >= 15 is 0 Å². The minimum Gasteiger partial charge on any atom is -0.373 e. The molecule has 0 atom stereocenters. The van der Waals surface area contributed by atoms with Gasteiger partial charge in [0.2, 0.25) is 11.8 Å². The average molecular weight is 365 g/mol. The van der Waals surface area contributed by atoms with Crippen molar-refractivity contribution in [2.45, 2.75) is 0 Å². The minimum atomic E-state index is -0.329. The molecule has 0 aliphatic carbocycles. The Labute approximate surface area is 158 Å². The van der Waals surface area contributed by atoms with Crippen LogP contribution in [-0.4, -0.2) is 64.8 Å². The molecule has 0 amide bonds. The summed E-state index contributed by atoms with van der Waals surface area (Å²) in [5, 5.41) is 4.22. The van der Waals surface area contributed by atoms with Gasteiger partial charge in [-0.3, -0.25) is 9.78 Å². The molecule has 3 rings (SSSR count). The maximum Gasteiger partial charge on any atom is 0.281 e. The van der Waals surface area contributed by atoms with Crippen LogP contribution in [0.5, 0.6) is 0 Å². The molecule has 1 aromatic carbocycles. The zero-order valence-corrected chi connectivity index (χ0v) is 15.7. The molecule has 2 aromatic heterocycles. The van der Waals surface area contributed by atoms with Gasteiger partial charge < -0.3 is 15.5 Å². The monoisotopic (exact) mass is 365 g/mol. The molecule has 2 N–H and O–H groups in total. The van der Waals surface area contributed by atoms with Crippen molar-refractivity contribution in [2.24, 2.45) is 0 Å². The number of hydrogen-bond acceptors (Lipinski definition) is 7. The lowest BCUT2D eigenvalue weighted by atomic mass is 10.2. The van der Waals surface area contributed by atoms with Crippen LogP contribution in [0.15, 0.2) is 48.7 Å². The van der Waals surface area contributed by atoms with Gasteiger partial charge in [-0.1, -0.05) is 6.07 Å². The van der Waals surface area contributed by atoms with Gasteiger partial charge in [0.05, 0.1) is 0 Å². The van der Waals surface area contributed by atoms with Crippen molar-refractivity contribution < 1.29 is 4.79 Å². The highest BCUT2D eigenvalue weighted by molar-refractivity contribution is 5.97. The first-order valence-corrected chi connectivity index (χ1v) is 8.60. The van der Waals surface area contributed by atoms with Crippen molar-refractivity contribution >= 4 is 17.5 Å². The van der Waals surface area contributed by atoms with E-state index in [2.05, 4.69) is 24.9 Å². The number of benzene rings is 1. The number of carbonyl (C=O) groups excluding carboxylic acids is 1. The Morgan fingerprint density at radius 3 is 2.44 bits per heavy atom. The molecule has 0 aliphatic rings. The van der Waals surface area contributed by atoms with Crippen LogP contribution in [0.25, 0.3) is 11.5 Å². The summed E-state index contributed by atoms with van der Waals surface area (Å²) in [5.41, 5.74) is 7.98. The Bertz CT molecular complexity index is 904. The van der Waals surface area contributed by atoms with Gasteiger partial charge in [-0.2, -0.15) is 9.67 Å². The Morgan fingerprint density at radius 1 is 1.07 bits per heavy atom. The van der Waals surface area contributed by atoms with Gasteiger partial charge in [0.1, 0.15) is 5.69 Å². The summed E-state index contributed by atoms with van der Waals surface area (Å²) in [7, 11) is 6.10. The number of hydrogen-bond donors (Lipinski definition) is 1. The molecular weight excluding hydrogens is 342 g/mol. The van der Waals surface area contributed by atoms with Crippen molar-refractivity contribution in [2.75, 3.05) is 44.9 Å². The van der Waals surface area contributed by atoms with Gasteiger partial charge >= 0.3 is 0 Å². The topological polar surface area (TPSA) is 93.2 Å². The van der Waals surface area contributed by atoms with Crippen molar-refractivity contribution in [3.63, 3.8) is 0 Å². The van der Waals surface area contributed by atoms with E-state index in [0.717, 1.165) is 23.5 Å². The molecule has 8 heteroatoms. The van der Waals surface area contributed by atoms with Crippen molar-refractivity contribution in [3.05, 3.63) is 54.2 Å². The molecule has 8 nitrogen and oxygen atoms in total. The van der Waals surface area contributed by atoms with E-state index in [0.29, 0.717) is 17.1 Å². The quantitative estimate of drug-likeness (QED) is 0.709. The Kier molecular flexibility index (Phi) is 5.46. The molecule has 0 radical (unpaired) electrons. The molecule has 140 valence electrons. The molecule has 0 fully saturated rings. The maximum atomic E-state index is 12.7. The second-order valence-electron chi connectivity index (χ2n) is 6.50. The molecule has 3 aromatic rings. The Hall–Kier alpha value is -3.26. The molecule has 0 bridgehead atoms. The molecule has 0 unspecified atom stereocenters. The fourth-order valence-electron chi connectivity index (χ4n) is 2.54. The summed E-state index contributed by atoms with van der Waals surface area (Å²) in [4.78, 5) is 25.3.